The summed E-state index contributed by atoms with van der Waals surface area (Å²) in [7, 11) is 1.82. The smallest absolute Gasteiger partial charge is 0.191 e. The molecule has 31 heavy (non-hydrogen) atoms. The second-order valence-electron chi connectivity index (χ2n) is 8.36. The molecule has 0 bridgehead atoms. The quantitative estimate of drug-likeness (QED) is 0.229. The fourth-order valence-corrected chi connectivity index (χ4v) is 4.06. The molecule has 0 saturated carbocycles. The maximum atomic E-state index is 4.51. The van der Waals surface area contributed by atoms with Gasteiger partial charge in [-0.15, -0.1) is 24.0 Å². The first-order valence-electron chi connectivity index (χ1n) is 11.4. The minimum atomic E-state index is 0. The molecule has 2 N–H and O–H groups in total. The highest BCUT2D eigenvalue weighted by Gasteiger charge is 2.09. The molecular formula is C24H39IN6. The van der Waals surface area contributed by atoms with Crippen LogP contribution in [0.2, 0.25) is 0 Å². The lowest BCUT2D eigenvalue weighted by Crippen LogP contribution is -2.37. The van der Waals surface area contributed by atoms with Crippen LogP contribution in [0.1, 0.15) is 54.6 Å². The largest absolute Gasteiger partial charge is 0.356 e. The van der Waals surface area contributed by atoms with Gasteiger partial charge in [0.2, 0.25) is 0 Å². The molecule has 0 unspecified atom stereocenters. The van der Waals surface area contributed by atoms with E-state index in [0.29, 0.717) is 0 Å². The number of hydrogen-bond donors (Lipinski definition) is 2. The number of likely N-dealkylation sites (tertiary alicyclic amines) is 1. The number of guanidine groups is 1. The van der Waals surface area contributed by atoms with Crippen molar-refractivity contribution in [2.75, 3.05) is 26.7 Å². The van der Waals surface area contributed by atoms with Crippen LogP contribution in [0.3, 0.4) is 0 Å². The van der Waals surface area contributed by atoms with E-state index in [1.54, 1.807) is 0 Å². The van der Waals surface area contributed by atoms with Crippen molar-refractivity contribution in [2.45, 2.75) is 65.6 Å². The minimum Gasteiger partial charge on any atom is -0.356 e. The lowest BCUT2D eigenvalue weighted by atomic mass is 10.1. The SMILES string of the molecule is CN=C(NCCCn1nc(C)cc1C)NCc1ccc(CN2CCCCCC2)cc1.I. The fraction of sp³-hybridized carbons (Fsp3) is 0.583. The standard InChI is InChI=1S/C24H38N6.HI/c1-20-17-21(2)30(28-20)16-8-13-26-24(25-3)27-18-22-9-11-23(12-10-22)19-29-14-6-4-5-7-15-29;/h9-12,17H,4-8,13-16,18-19H2,1-3H3,(H2,25,26,27);1H. The van der Waals surface area contributed by atoms with Gasteiger partial charge < -0.3 is 10.6 Å². The second kappa shape index (κ2) is 13.7. The van der Waals surface area contributed by atoms with Crippen molar-refractivity contribution in [1.29, 1.82) is 0 Å². The molecule has 0 radical (unpaired) electrons. The predicted molar refractivity (Wildman–Crippen MR) is 140 cm³/mol. The molecule has 7 heteroatoms. The van der Waals surface area contributed by atoms with E-state index in [0.717, 1.165) is 44.3 Å². The average molecular weight is 539 g/mol. The Morgan fingerprint density at radius 1 is 1.00 bits per heavy atom. The van der Waals surface area contributed by atoms with Crippen LogP contribution in [0.4, 0.5) is 0 Å². The molecule has 2 aromatic rings. The van der Waals surface area contributed by atoms with Gasteiger partial charge >= 0.3 is 0 Å². The maximum absolute atomic E-state index is 4.51. The van der Waals surface area contributed by atoms with Gasteiger partial charge in [0.05, 0.1) is 5.69 Å². The monoisotopic (exact) mass is 538 g/mol. The number of rotatable bonds is 8. The Morgan fingerprint density at radius 3 is 2.29 bits per heavy atom. The third-order valence-corrected chi connectivity index (χ3v) is 5.75. The van der Waals surface area contributed by atoms with E-state index in [1.807, 2.05) is 14.0 Å². The number of nitrogens with zero attached hydrogens (tertiary/aromatic N) is 4. The number of aromatic nitrogens is 2. The highest BCUT2D eigenvalue weighted by molar-refractivity contribution is 14.0. The molecule has 1 aliphatic heterocycles. The van der Waals surface area contributed by atoms with Crippen molar-refractivity contribution < 1.29 is 0 Å². The summed E-state index contributed by atoms with van der Waals surface area (Å²) in [5.41, 5.74) is 4.98. The average Bonchev–Trinajstić information content (AvgIpc) is 2.92. The van der Waals surface area contributed by atoms with Crippen molar-refractivity contribution in [3.8, 4) is 0 Å². The third kappa shape index (κ3) is 8.80. The maximum Gasteiger partial charge on any atom is 0.191 e. The lowest BCUT2D eigenvalue weighted by Gasteiger charge is -2.20. The highest BCUT2D eigenvalue weighted by atomic mass is 127. The molecule has 0 aliphatic carbocycles. The molecule has 1 aliphatic rings. The van der Waals surface area contributed by atoms with Crippen LogP contribution in [0, 0.1) is 13.8 Å². The van der Waals surface area contributed by atoms with Crippen LogP contribution in [-0.2, 0) is 19.6 Å². The second-order valence-corrected chi connectivity index (χ2v) is 8.36. The van der Waals surface area contributed by atoms with Crippen molar-refractivity contribution in [1.82, 2.24) is 25.3 Å². The number of aliphatic imine (C=N–C) groups is 1. The third-order valence-electron chi connectivity index (χ3n) is 5.75. The fourth-order valence-electron chi connectivity index (χ4n) is 4.06. The molecule has 1 saturated heterocycles. The number of benzene rings is 1. The van der Waals surface area contributed by atoms with Crippen molar-refractivity contribution in [2.24, 2.45) is 4.99 Å². The molecule has 0 amide bonds. The van der Waals surface area contributed by atoms with E-state index >= 15 is 0 Å². The van der Waals surface area contributed by atoms with Gasteiger partial charge in [0.15, 0.2) is 5.96 Å². The normalized spacial score (nSPS) is 15.3. The summed E-state index contributed by atoms with van der Waals surface area (Å²) in [5.74, 6) is 0.844. The van der Waals surface area contributed by atoms with Gasteiger partial charge in [-0.3, -0.25) is 14.6 Å². The molecule has 0 spiro atoms. The molecule has 3 rings (SSSR count). The molecule has 6 nitrogen and oxygen atoms in total. The van der Waals surface area contributed by atoms with E-state index in [9.17, 15) is 0 Å². The first-order valence-corrected chi connectivity index (χ1v) is 11.4. The summed E-state index contributed by atoms with van der Waals surface area (Å²) in [6.07, 6.45) is 6.47. The summed E-state index contributed by atoms with van der Waals surface area (Å²) < 4.78 is 2.07. The zero-order valence-electron chi connectivity index (χ0n) is 19.4. The Bertz CT molecular complexity index is 791. The minimum absolute atomic E-state index is 0. The van der Waals surface area contributed by atoms with E-state index in [4.69, 9.17) is 0 Å². The predicted octanol–water partition coefficient (Wildman–Crippen LogP) is 4.25. The van der Waals surface area contributed by atoms with Gasteiger partial charge in [-0.1, -0.05) is 37.1 Å². The van der Waals surface area contributed by atoms with Gasteiger partial charge in [0.1, 0.15) is 0 Å². The van der Waals surface area contributed by atoms with Crippen LogP contribution in [0.15, 0.2) is 35.3 Å². The summed E-state index contributed by atoms with van der Waals surface area (Å²) in [6, 6.07) is 11.1. The van der Waals surface area contributed by atoms with Crippen LogP contribution in [-0.4, -0.2) is 47.3 Å². The summed E-state index contributed by atoms with van der Waals surface area (Å²) in [5, 5.41) is 11.3. The van der Waals surface area contributed by atoms with Crippen LogP contribution < -0.4 is 10.6 Å². The number of nitrogens with one attached hydrogen (secondary N) is 2. The Labute approximate surface area is 204 Å². The summed E-state index contributed by atoms with van der Waals surface area (Å²) in [4.78, 5) is 6.93. The zero-order chi connectivity index (χ0) is 21.2. The van der Waals surface area contributed by atoms with Gasteiger partial charge in [-0.25, -0.2) is 0 Å². The Hall–Kier alpha value is -1.61. The molecule has 1 aromatic heterocycles. The first kappa shape index (κ1) is 25.6. The van der Waals surface area contributed by atoms with Crippen molar-refractivity contribution in [3.63, 3.8) is 0 Å². The number of aryl methyl sites for hydroxylation is 3. The van der Waals surface area contributed by atoms with Gasteiger partial charge in [-0.2, -0.15) is 5.10 Å². The molecule has 172 valence electrons. The zero-order valence-corrected chi connectivity index (χ0v) is 21.7. The van der Waals surface area contributed by atoms with E-state index in [-0.39, 0.29) is 24.0 Å². The summed E-state index contributed by atoms with van der Waals surface area (Å²) >= 11 is 0. The molecule has 1 aromatic carbocycles. The van der Waals surface area contributed by atoms with Crippen molar-refractivity contribution in [3.05, 3.63) is 52.8 Å². The molecule has 1 fully saturated rings. The van der Waals surface area contributed by atoms with Gasteiger partial charge in [0.25, 0.3) is 0 Å². The number of hydrogen-bond acceptors (Lipinski definition) is 3. The molecule has 2 heterocycles. The van der Waals surface area contributed by atoms with Crippen LogP contribution >= 0.6 is 24.0 Å². The summed E-state index contributed by atoms with van der Waals surface area (Å²) in [6.45, 7) is 10.3. The van der Waals surface area contributed by atoms with Gasteiger partial charge in [0, 0.05) is 38.9 Å². The van der Waals surface area contributed by atoms with E-state index in [2.05, 4.69) is 67.6 Å². The molecule has 0 atom stereocenters. The van der Waals surface area contributed by atoms with E-state index in [1.165, 1.54) is 55.6 Å². The van der Waals surface area contributed by atoms with Crippen LogP contribution in [0.5, 0.6) is 0 Å². The first-order chi connectivity index (χ1) is 14.6. The lowest BCUT2D eigenvalue weighted by molar-refractivity contribution is 0.277. The Kier molecular flexibility index (Phi) is 11.4. The Morgan fingerprint density at radius 2 is 1.68 bits per heavy atom. The van der Waals surface area contributed by atoms with Gasteiger partial charge in [-0.05, 0) is 63.4 Å². The molecular weight excluding hydrogens is 499 g/mol. The highest BCUT2D eigenvalue weighted by Crippen LogP contribution is 2.14. The number of halogens is 1. The van der Waals surface area contributed by atoms with Crippen molar-refractivity contribution >= 4 is 29.9 Å². The topological polar surface area (TPSA) is 57.5 Å². The van der Waals surface area contributed by atoms with Crippen LogP contribution in [0.25, 0.3) is 0 Å². The Balaban J connectivity index is 0.00000341. The van der Waals surface area contributed by atoms with E-state index < -0.39 is 0 Å².